The summed E-state index contributed by atoms with van der Waals surface area (Å²) in [4.78, 5) is 0. The Labute approximate surface area is 117 Å². The zero-order valence-corrected chi connectivity index (χ0v) is 12.5. The van der Waals surface area contributed by atoms with Crippen LogP contribution in [0.1, 0.15) is 57.1 Å². The molecule has 2 nitrogen and oxygen atoms in total. The summed E-state index contributed by atoms with van der Waals surface area (Å²) in [6, 6.07) is 6.40. The summed E-state index contributed by atoms with van der Waals surface area (Å²) in [5, 5.41) is 0. The van der Waals surface area contributed by atoms with Crippen LogP contribution >= 0.6 is 0 Å². The van der Waals surface area contributed by atoms with Crippen molar-refractivity contribution < 1.29 is 4.74 Å². The SMILES string of the molecule is COc1ccc2c(c1)C(N)(CCCC(C)C)CCC2. The third-order valence-corrected chi connectivity index (χ3v) is 4.33. The fraction of sp³-hybridized carbons (Fsp3) is 0.647. The Kier molecular flexibility index (Phi) is 4.51. The van der Waals surface area contributed by atoms with E-state index in [4.69, 9.17) is 10.5 Å². The lowest BCUT2D eigenvalue weighted by Crippen LogP contribution is -2.40. The minimum absolute atomic E-state index is 0.142. The van der Waals surface area contributed by atoms with E-state index in [1.165, 1.54) is 30.4 Å². The summed E-state index contributed by atoms with van der Waals surface area (Å²) in [6.45, 7) is 4.56. The Bertz CT molecular complexity index is 427. The van der Waals surface area contributed by atoms with E-state index in [0.29, 0.717) is 0 Å². The highest BCUT2D eigenvalue weighted by Crippen LogP contribution is 2.38. The molecule has 0 saturated heterocycles. The van der Waals surface area contributed by atoms with Gasteiger partial charge >= 0.3 is 0 Å². The Balaban J connectivity index is 2.19. The third kappa shape index (κ3) is 3.30. The molecule has 0 heterocycles. The highest BCUT2D eigenvalue weighted by molar-refractivity contribution is 5.41. The van der Waals surface area contributed by atoms with Gasteiger partial charge < -0.3 is 10.5 Å². The van der Waals surface area contributed by atoms with E-state index < -0.39 is 0 Å². The molecule has 1 aliphatic carbocycles. The van der Waals surface area contributed by atoms with Crippen LogP contribution in [-0.2, 0) is 12.0 Å². The number of nitrogens with two attached hydrogens (primary N) is 1. The van der Waals surface area contributed by atoms with E-state index >= 15 is 0 Å². The van der Waals surface area contributed by atoms with Gasteiger partial charge in [-0.1, -0.05) is 32.8 Å². The van der Waals surface area contributed by atoms with Crippen molar-refractivity contribution in [1.82, 2.24) is 0 Å². The number of ether oxygens (including phenoxy) is 1. The van der Waals surface area contributed by atoms with Crippen LogP contribution in [0.25, 0.3) is 0 Å². The van der Waals surface area contributed by atoms with Crippen LogP contribution < -0.4 is 10.5 Å². The van der Waals surface area contributed by atoms with Crippen molar-refractivity contribution in [2.24, 2.45) is 11.7 Å². The molecular weight excluding hydrogens is 234 g/mol. The standard InChI is InChI=1S/C17H27NO/c1-13(2)6-4-10-17(18)11-5-7-14-8-9-15(19-3)12-16(14)17/h8-9,12-13H,4-7,10-11,18H2,1-3H3. The topological polar surface area (TPSA) is 35.2 Å². The van der Waals surface area contributed by atoms with Gasteiger partial charge in [-0.3, -0.25) is 0 Å². The molecule has 0 radical (unpaired) electrons. The van der Waals surface area contributed by atoms with Gasteiger partial charge in [-0.15, -0.1) is 0 Å². The molecule has 1 aliphatic rings. The fourth-order valence-electron chi connectivity index (χ4n) is 3.18. The number of benzene rings is 1. The van der Waals surface area contributed by atoms with Gasteiger partial charge in [-0.2, -0.15) is 0 Å². The predicted molar refractivity (Wildman–Crippen MR) is 80.5 cm³/mol. The largest absolute Gasteiger partial charge is 0.497 e. The van der Waals surface area contributed by atoms with Crippen molar-refractivity contribution in [3.63, 3.8) is 0 Å². The van der Waals surface area contributed by atoms with E-state index in [1.54, 1.807) is 7.11 Å². The molecule has 0 fully saturated rings. The molecule has 0 aliphatic heterocycles. The summed E-state index contributed by atoms with van der Waals surface area (Å²) < 4.78 is 5.36. The van der Waals surface area contributed by atoms with Gasteiger partial charge in [0.25, 0.3) is 0 Å². The van der Waals surface area contributed by atoms with Crippen LogP contribution in [-0.4, -0.2) is 7.11 Å². The third-order valence-electron chi connectivity index (χ3n) is 4.33. The van der Waals surface area contributed by atoms with Crippen LogP contribution in [0.3, 0.4) is 0 Å². The molecule has 0 aromatic heterocycles. The quantitative estimate of drug-likeness (QED) is 0.869. The monoisotopic (exact) mass is 261 g/mol. The van der Waals surface area contributed by atoms with Crippen molar-refractivity contribution in [2.45, 2.75) is 57.9 Å². The summed E-state index contributed by atoms with van der Waals surface area (Å²) in [7, 11) is 1.72. The average Bonchev–Trinajstić information content (AvgIpc) is 2.38. The predicted octanol–water partition coefficient (Wildman–Crippen LogP) is 4.01. The maximum Gasteiger partial charge on any atom is 0.119 e. The van der Waals surface area contributed by atoms with Gasteiger partial charge in [0.05, 0.1) is 7.11 Å². The van der Waals surface area contributed by atoms with Crippen molar-refractivity contribution in [2.75, 3.05) is 7.11 Å². The normalized spacial score (nSPS) is 22.4. The molecular formula is C17H27NO. The number of hydrogen-bond acceptors (Lipinski definition) is 2. The summed E-state index contributed by atoms with van der Waals surface area (Å²) in [5.74, 6) is 1.69. The number of hydrogen-bond donors (Lipinski definition) is 1. The van der Waals surface area contributed by atoms with Crippen LogP contribution in [0.4, 0.5) is 0 Å². The van der Waals surface area contributed by atoms with Gasteiger partial charge in [0.1, 0.15) is 5.75 Å². The smallest absolute Gasteiger partial charge is 0.119 e. The van der Waals surface area contributed by atoms with Crippen LogP contribution in [0.15, 0.2) is 18.2 Å². The van der Waals surface area contributed by atoms with E-state index in [1.807, 2.05) is 0 Å². The second-order valence-corrected chi connectivity index (χ2v) is 6.32. The molecule has 1 aromatic rings. The Hall–Kier alpha value is -1.02. The number of aryl methyl sites for hydroxylation is 1. The Morgan fingerprint density at radius 1 is 1.37 bits per heavy atom. The first kappa shape index (κ1) is 14.4. The van der Waals surface area contributed by atoms with Crippen LogP contribution in [0, 0.1) is 5.92 Å². The van der Waals surface area contributed by atoms with E-state index in [-0.39, 0.29) is 5.54 Å². The first-order valence-electron chi connectivity index (χ1n) is 7.51. The zero-order valence-electron chi connectivity index (χ0n) is 12.5. The molecule has 2 N–H and O–H groups in total. The van der Waals surface area contributed by atoms with Crippen molar-refractivity contribution >= 4 is 0 Å². The molecule has 1 atom stereocenters. The molecule has 1 unspecified atom stereocenters. The van der Waals surface area contributed by atoms with E-state index in [0.717, 1.165) is 30.9 Å². The summed E-state index contributed by atoms with van der Waals surface area (Å²) >= 11 is 0. The fourth-order valence-corrected chi connectivity index (χ4v) is 3.18. The molecule has 0 amide bonds. The van der Waals surface area contributed by atoms with Crippen LogP contribution in [0.5, 0.6) is 5.75 Å². The van der Waals surface area contributed by atoms with E-state index in [2.05, 4.69) is 32.0 Å². The van der Waals surface area contributed by atoms with E-state index in [9.17, 15) is 0 Å². The minimum Gasteiger partial charge on any atom is -0.497 e. The zero-order chi connectivity index (χ0) is 13.9. The van der Waals surface area contributed by atoms with Gasteiger partial charge in [0, 0.05) is 5.54 Å². The maximum absolute atomic E-state index is 6.72. The maximum atomic E-state index is 6.72. The van der Waals surface area contributed by atoms with Crippen LogP contribution in [0.2, 0.25) is 0 Å². The average molecular weight is 261 g/mol. The van der Waals surface area contributed by atoms with Crippen molar-refractivity contribution in [3.8, 4) is 5.75 Å². The summed E-state index contributed by atoms with van der Waals surface area (Å²) in [5.41, 5.74) is 9.32. The molecule has 2 heteroatoms. The molecule has 2 rings (SSSR count). The lowest BCUT2D eigenvalue weighted by molar-refractivity contribution is 0.322. The first-order chi connectivity index (χ1) is 9.05. The Morgan fingerprint density at radius 3 is 2.84 bits per heavy atom. The molecule has 106 valence electrons. The van der Waals surface area contributed by atoms with Gasteiger partial charge in [0.15, 0.2) is 0 Å². The van der Waals surface area contributed by atoms with Gasteiger partial charge in [-0.25, -0.2) is 0 Å². The molecule has 0 saturated carbocycles. The highest BCUT2D eigenvalue weighted by atomic mass is 16.5. The molecule has 0 spiro atoms. The lowest BCUT2D eigenvalue weighted by Gasteiger charge is -2.36. The highest BCUT2D eigenvalue weighted by Gasteiger charge is 2.32. The molecule has 19 heavy (non-hydrogen) atoms. The number of methoxy groups -OCH3 is 1. The second-order valence-electron chi connectivity index (χ2n) is 6.32. The Morgan fingerprint density at radius 2 is 2.16 bits per heavy atom. The van der Waals surface area contributed by atoms with Crippen molar-refractivity contribution in [3.05, 3.63) is 29.3 Å². The lowest BCUT2D eigenvalue weighted by atomic mass is 9.74. The molecule has 1 aromatic carbocycles. The number of fused-ring (bicyclic) bond motifs is 1. The second kappa shape index (κ2) is 5.96. The van der Waals surface area contributed by atoms with Gasteiger partial charge in [-0.05, 0) is 54.9 Å². The van der Waals surface area contributed by atoms with Gasteiger partial charge in [0.2, 0.25) is 0 Å². The number of rotatable bonds is 5. The van der Waals surface area contributed by atoms with Crippen molar-refractivity contribution in [1.29, 1.82) is 0 Å². The summed E-state index contributed by atoms with van der Waals surface area (Å²) in [6.07, 6.45) is 7.03. The minimum atomic E-state index is -0.142. The first-order valence-corrected chi connectivity index (χ1v) is 7.51. The molecule has 0 bridgehead atoms.